The standard InChI is InChI=1S/C13H24N4O3/c1-15(2)11(18)9-16-4-6-17(7-5-16)12(19)13(14)3-8-20-10-13/h3-10,14H2,1-2H3. The average Bonchev–Trinajstić information content (AvgIpc) is 2.87. The van der Waals surface area contributed by atoms with Gasteiger partial charge >= 0.3 is 0 Å². The van der Waals surface area contributed by atoms with E-state index in [1.165, 1.54) is 0 Å². The number of likely N-dealkylation sites (N-methyl/N-ethyl adjacent to an activating group) is 1. The molecule has 0 bridgehead atoms. The van der Waals surface area contributed by atoms with Crippen LogP contribution in [0.15, 0.2) is 0 Å². The lowest BCUT2D eigenvalue weighted by molar-refractivity contribution is -0.139. The van der Waals surface area contributed by atoms with Crippen LogP contribution in [0.5, 0.6) is 0 Å². The van der Waals surface area contributed by atoms with Gasteiger partial charge in [-0.15, -0.1) is 0 Å². The van der Waals surface area contributed by atoms with E-state index >= 15 is 0 Å². The van der Waals surface area contributed by atoms with E-state index in [-0.39, 0.29) is 11.8 Å². The first-order valence-electron chi connectivity index (χ1n) is 7.01. The Kier molecular flexibility index (Phi) is 4.62. The second kappa shape index (κ2) is 6.07. The van der Waals surface area contributed by atoms with Gasteiger partial charge in [0, 0.05) is 46.9 Å². The first-order valence-corrected chi connectivity index (χ1v) is 7.01. The number of nitrogens with two attached hydrogens (primary N) is 1. The third-order valence-electron chi connectivity index (χ3n) is 4.00. The molecule has 7 heteroatoms. The molecule has 2 N–H and O–H groups in total. The first kappa shape index (κ1) is 15.2. The number of nitrogens with zero attached hydrogens (tertiary/aromatic N) is 3. The molecule has 20 heavy (non-hydrogen) atoms. The lowest BCUT2D eigenvalue weighted by Gasteiger charge is -2.38. The highest BCUT2D eigenvalue weighted by Gasteiger charge is 2.41. The molecule has 1 unspecified atom stereocenters. The normalized spacial score (nSPS) is 27.6. The summed E-state index contributed by atoms with van der Waals surface area (Å²) in [6.45, 7) is 3.94. The van der Waals surface area contributed by atoms with E-state index in [1.54, 1.807) is 23.9 Å². The molecule has 7 nitrogen and oxygen atoms in total. The van der Waals surface area contributed by atoms with Crippen molar-refractivity contribution in [2.75, 3.05) is 60.0 Å². The molecule has 2 heterocycles. The van der Waals surface area contributed by atoms with Crippen LogP contribution < -0.4 is 5.73 Å². The minimum absolute atomic E-state index is 0.0198. The average molecular weight is 284 g/mol. The molecule has 2 rings (SSSR count). The highest BCUT2D eigenvalue weighted by Crippen LogP contribution is 2.19. The lowest BCUT2D eigenvalue weighted by atomic mass is 9.98. The SMILES string of the molecule is CN(C)C(=O)CN1CCN(C(=O)C2(N)CCOC2)CC1. The van der Waals surface area contributed by atoms with Gasteiger partial charge in [0.05, 0.1) is 13.2 Å². The van der Waals surface area contributed by atoms with Gasteiger partial charge in [-0.1, -0.05) is 0 Å². The van der Waals surface area contributed by atoms with Gasteiger partial charge in [0.25, 0.3) is 0 Å². The zero-order valence-corrected chi connectivity index (χ0v) is 12.3. The maximum atomic E-state index is 12.4. The van der Waals surface area contributed by atoms with E-state index in [4.69, 9.17) is 10.5 Å². The molecule has 0 aromatic heterocycles. The second-order valence-corrected chi connectivity index (χ2v) is 5.82. The number of carbonyl (C=O) groups is 2. The Hall–Kier alpha value is -1.18. The zero-order chi connectivity index (χ0) is 14.8. The summed E-state index contributed by atoms with van der Waals surface area (Å²) < 4.78 is 5.24. The molecule has 2 fully saturated rings. The van der Waals surface area contributed by atoms with Crippen molar-refractivity contribution >= 4 is 11.8 Å². The van der Waals surface area contributed by atoms with Crippen LogP contribution in [0.2, 0.25) is 0 Å². The van der Waals surface area contributed by atoms with Crippen molar-refractivity contribution in [3.8, 4) is 0 Å². The summed E-state index contributed by atoms with van der Waals surface area (Å²) in [7, 11) is 3.50. The fourth-order valence-corrected chi connectivity index (χ4v) is 2.51. The van der Waals surface area contributed by atoms with Gasteiger partial charge in [-0.3, -0.25) is 14.5 Å². The molecule has 114 valence electrons. The third-order valence-corrected chi connectivity index (χ3v) is 4.00. The molecule has 2 saturated heterocycles. The van der Waals surface area contributed by atoms with Crippen molar-refractivity contribution in [1.29, 1.82) is 0 Å². The van der Waals surface area contributed by atoms with Gasteiger partial charge in [-0.05, 0) is 6.42 Å². The molecule has 2 aliphatic rings. The predicted molar refractivity (Wildman–Crippen MR) is 74.1 cm³/mol. The van der Waals surface area contributed by atoms with Crippen molar-refractivity contribution < 1.29 is 14.3 Å². The monoisotopic (exact) mass is 284 g/mol. The largest absolute Gasteiger partial charge is 0.379 e. The highest BCUT2D eigenvalue weighted by molar-refractivity contribution is 5.86. The van der Waals surface area contributed by atoms with Gasteiger partial charge in [-0.25, -0.2) is 0 Å². The summed E-state index contributed by atoms with van der Waals surface area (Å²) in [5, 5.41) is 0. The molecule has 0 spiro atoms. The summed E-state index contributed by atoms with van der Waals surface area (Å²) in [5.74, 6) is 0.0675. The molecule has 0 aromatic carbocycles. The van der Waals surface area contributed by atoms with Crippen molar-refractivity contribution in [3.05, 3.63) is 0 Å². The molecule has 1 atom stereocenters. The van der Waals surface area contributed by atoms with Gasteiger partial charge in [0.15, 0.2) is 0 Å². The van der Waals surface area contributed by atoms with Crippen molar-refractivity contribution in [1.82, 2.24) is 14.7 Å². The summed E-state index contributed by atoms with van der Waals surface area (Å²) in [5.41, 5.74) is 5.25. The Morgan fingerprint density at radius 1 is 1.25 bits per heavy atom. The van der Waals surface area contributed by atoms with E-state index in [0.717, 1.165) is 0 Å². The number of carbonyl (C=O) groups excluding carboxylic acids is 2. The minimum Gasteiger partial charge on any atom is -0.379 e. The second-order valence-electron chi connectivity index (χ2n) is 5.82. The van der Waals surface area contributed by atoms with E-state index in [2.05, 4.69) is 4.90 Å². The summed E-state index contributed by atoms with van der Waals surface area (Å²) >= 11 is 0. The molecule has 2 amide bonds. The van der Waals surface area contributed by atoms with Crippen LogP contribution in [0, 0.1) is 0 Å². The van der Waals surface area contributed by atoms with Crippen LogP contribution in [0.4, 0.5) is 0 Å². The van der Waals surface area contributed by atoms with Gasteiger partial charge in [0.1, 0.15) is 5.54 Å². The van der Waals surface area contributed by atoms with Crippen LogP contribution >= 0.6 is 0 Å². The number of rotatable bonds is 3. The maximum Gasteiger partial charge on any atom is 0.245 e. The molecule has 0 aliphatic carbocycles. The zero-order valence-electron chi connectivity index (χ0n) is 12.3. The van der Waals surface area contributed by atoms with Crippen molar-refractivity contribution in [2.24, 2.45) is 5.73 Å². The summed E-state index contributed by atoms with van der Waals surface area (Å²) in [4.78, 5) is 29.5. The van der Waals surface area contributed by atoms with E-state index in [1.807, 2.05) is 0 Å². The van der Waals surface area contributed by atoms with E-state index in [9.17, 15) is 9.59 Å². The highest BCUT2D eigenvalue weighted by atomic mass is 16.5. The van der Waals surface area contributed by atoms with Crippen LogP contribution in [-0.2, 0) is 14.3 Å². The van der Waals surface area contributed by atoms with Crippen LogP contribution in [0.1, 0.15) is 6.42 Å². The van der Waals surface area contributed by atoms with Crippen LogP contribution in [0.25, 0.3) is 0 Å². The number of amides is 2. The number of piperazine rings is 1. The number of hydrogen-bond donors (Lipinski definition) is 1. The van der Waals surface area contributed by atoms with Gasteiger partial charge < -0.3 is 20.3 Å². The fourth-order valence-electron chi connectivity index (χ4n) is 2.51. The molecular formula is C13H24N4O3. The Bertz CT molecular complexity index is 372. The first-order chi connectivity index (χ1) is 9.42. The molecule has 2 aliphatic heterocycles. The molecule has 0 radical (unpaired) electrons. The van der Waals surface area contributed by atoms with E-state index in [0.29, 0.717) is 52.4 Å². The van der Waals surface area contributed by atoms with Crippen molar-refractivity contribution in [2.45, 2.75) is 12.0 Å². The maximum absolute atomic E-state index is 12.4. The number of hydrogen-bond acceptors (Lipinski definition) is 5. The topological polar surface area (TPSA) is 79.1 Å². The lowest BCUT2D eigenvalue weighted by Crippen LogP contribution is -2.60. The van der Waals surface area contributed by atoms with Crippen LogP contribution in [0.3, 0.4) is 0 Å². The Balaban J connectivity index is 1.82. The van der Waals surface area contributed by atoms with Gasteiger partial charge in [-0.2, -0.15) is 0 Å². The van der Waals surface area contributed by atoms with Crippen LogP contribution in [-0.4, -0.2) is 92.1 Å². The smallest absolute Gasteiger partial charge is 0.245 e. The van der Waals surface area contributed by atoms with Gasteiger partial charge in [0.2, 0.25) is 11.8 Å². The molecule has 0 aromatic rings. The quantitative estimate of drug-likeness (QED) is 0.671. The summed E-state index contributed by atoms with van der Waals surface area (Å²) in [6.07, 6.45) is 0.588. The minimum atomic E-state index is -0.846. The van der Waals surface area contributed by atoms with Crippen molar-refractivity contribution in [3.63, 3.8) is 0 Å². The predicted octanol–water partition coefficient (Wildman–Crippen LogP) is -1.66. The summed E-state index contributed by atoms with van der Waals surface area (Å²) in [6, 6.07) is 0. The van der Waals surface area contributed by atoms with E-state index < -0.39 is 5.54 Å². The Morgan fingerprint density at radius 3 is 2.40 bits per heavy atom. The fraction of sp³-hybridized carbons (Fsp3) is 0.846. The number of ether oxygens (including phenoxy) is 1. The Morgan fingerprint density at radius 2 is 1.90 bits per heavy atom. The Labute approximate surface area is 119 Å². The third kappa shape index (κ3) is 3.28. The molecular weight excluding hydrogens is 260 g/mol. The molecule has 0 saturated carbocycles.